The van der Waals surface area contributed by atoms with E-state index in [1.165, 1.54) is 18.6 Å². The van der Waals surface area contributed by atoms with Crippen LogP contribution < -0.4 is 0 Å². The zero-order chi connectivity index (χ0) is 15.9. The predicted octanol–water partition coefficient (Wildman–Crippen LogP) is 4.12. The molecule has 0 bridgehead atoms. The van der Waals surface area contributed by atoms with Crippen molar-refractivity contribution in [1.82, 2.24) is 5.01 Å². The Hall–Kier alpha value is -0.740. The fraction of sp³-hybridized carbons (Fsp3) is 0.722. The van der Waals surface area contributed by atoms with Gasteiger partial charge in [0.05, 0.1) is 18.4 Å². The molecule has 1 aliphatic heterocycles. The molecule has 0 amide bonds. The van der Waals surface area contributed by atoms with Crippen LogP contribution >= 0.6 is 11.8 Å². The van der Waals surface area contributed by atoms with Gasteiger partial charge >= 0.3 is 0 Å². The third-order valence-electron chi connectivity index (χ3n) is 4.18. The number of nitrogens with zero attached hydrogens (tertiary/aromatic N) is 2. The summed E-state index contributed by atoms with van der Waals surface area (Å²) in [5, 5.41) is 8.52. The monoisotopic (exact) mass is 322 g/mol. The van der Waals surface area contributed by atoms with Crippen LogP contribution in [0.3, 0.4) is 0 Å². The van der Waals surface area contributed by atoms with Gasteiger partial charge in [0.1, 0.15) is 0 Å². The minimum absolute atomic E-state index is 0.361. The van der Waals surface area contributed by atoms with E-state index < -0.39 is 0 Å². The van der Waals surface area contributed by atoms with E-state index in [4.69, 9.17) is 9.84 Å². The average Bonchev–Trinajstić information content (AvgIpc) is 3.14. The number of hydrogen-bond donors (Lipinski definition) is 0. The van der Waals surface area contributed by atoms with E-state index in [-0.39, 0.29) is 0 Å². The summed E-state index contributed by atoms with van der Waals surface area (Å²) >= 11 is 2.04. The molecule has 0 N–H and O–H groups in total. The standard InChI is InChI=1S/C18H30N2OS/c1-5-17(22-14(2)3)18(15-9-6-7-10-15)19-20-12-8-11-16(20)13-21-4/h6-7,9-10,14-17H,5,8,11-13H2,1-4H3/b19-18+/t16-,17+/m0/s1. The van der Waals surface area contributed by atoms with Crippen molar-refractivity contribution in [3.63, 3.8) is 0 Å². The number of allylic oxidation sites excluding steroid dienone is 4. The predicted molar refractivity (Wildman–Crippen MR) is 97.6 cm³/mol. The third kappa shape index (κ3) is 4.63. The fourth-order valence-corrected chi connectivity index (χ4v) is 4.33. The SMILES string of the molecule is CC[C@@H](SC(C)C)/C(=N/N1CCC[C@H]1COC)C1C=CC=C1. The summed E-state index contributed by atoms with van der Waals surface area (Å²) in [6, 6.07) is 0.441. The Morgan fingerprint density at radius 3 is 2.68 bits per heavy atom. The highest BCUT2D eigenvalue weighted by Crippen LogP contribution is 2.29. The molecule has 124 valence electrons. The molecule has 0 spiro atoms. The molecule has 1 aliphatic carbocycles. The van der Waals surface area contributed by atoms with Crippen molar-refractivity contribution in [3.8, 4) is 0 Å². The summed E-state index contributed by atoms with van der Waals surface area (Å²) in [5.41, 5.74) is 1.31. The summed E-state index contributed by atoms with van der Waals surface area (Å²) in [5.74, 6) is 0.361. The second-order valence-electron chi connectivity index (χ2n) is 6.32. The van der Waals surface area contributed by atoms with Gasteiger partial charge in [-0.15, -0.1) is 11.8 Å². The largest absolute Gasteiger partial charge is 0.382 e. The number of hydrazone groups is 1. The molecule has 2 aliphatic rings. The maximum absolute atomic E-state index is 5.37. The Balaban J connectivity index is 2.20. The van der Waals surface area contributed by atoms with Crippen molar-refractivity contribution in [2.24, 2.45) is 11.0 Å². The maximum atomic E-state index is 5.37. The zero-order valence-corrected chi connectivity index (χ0v) is 15.2. The topological polar surface area (TPSA) is 24.8 Å². The van der Waals surface area contributed by atoms with Gasteiger partial charge in [-0.2, -0.15) is 5.10 Å². The van der Waals surface area contributed by atoms with Gasteiger partial charge in [0.25, 0.3) is 0 Å². The van der Waals surface area contributed by atoms with Gasteiger partial charge in [-0.25, -0.2) is 0 Å². The number of rotatable bonds is 8. The normalized spacial score (nSPS) is 24.0. The van der Waals surface area contributed by atoms with Crippen LogP contribution in [0, 0.1) is 5.92 Å². The summed E-state index contributed by atoms with van der Waals surface area (Å²) in [7, 11) is 1.78. The van der Waals surface area contributed by atoms with E-state index in [0.29, 0.717) is 22.5 Å². The molecule has 0 aromatic carbocycles. The number of methoxy groups -OCH3 is 1. The summed E-state index contributed by atoms with van der Waals surface area (Å²) in [4.78, 5) is 0. The van der Waals surface area contributed by atoms with Gasteiger partial charge in [0, 0.05) is 24.8 Å². The highest BCUT2D eigenvalue weighted by molar-refractivity contribution is 8.01. The zero-order valence-electron chi connectivity index (χ0n) is 14.4. The van der Waals surface area contributed by atoms with Crippen molar-refractivity contribution < 1.29 is 4.74 Å². The molecule has 1 fully saturated rings. The van der Waals surface area contributed by atoms with Crippen LogP contribution in [-0.4, -0.2) is 47.5 Å². The molecule has 0 aromatic heterocycles. The molecule has 0 saturated carbocycles. The van der Waals surface area contributed by atoms with Crippen molar-refractivity contribution in [2.45, 2.75) is 56.6 Å². The lowest BCUT2D eigenvalue weighted by atomic mass is 10.0. The van der Waals surface area contributed by atoms with Crippen molar-refractivity contribution in [2.75, 3.05) is 20.3 Å². The van der Waals surface area contributed by atoms with E-state index in [2.05, 4.69) is 50.1 Å². The van der Waals surface area contributed by atoms with Crippen LogP contribution in [0.25, 0.3) is 0 Å². The Morgan fingerprint density at radius 2 is 2.09 bits per heavy atom. The molecule has 1 heterocycles. The van der Waals surface area contributed by atoms with Gasteiger partial charge in [0.2, 0.25) is 0 Å². The molecular weight excluding hydrogens is 292 g/mol. The smallest absolute Gasteiger partial charge is 0.0704 e. The van der Waals surface area contributed by atoms with Crippen LogP contribution in [0.4, 0.5) is 0 Å². The third-order valence-corrected chi connectivity index (χ3v) is 5.62. The van der Waals surface area contributed by atoms with Crippen LogP contribution in [0.2, 0.25) is 0 Å². The van der Waals surface area contributed by atoms with Crippen molar-refractivity contribution >= 4 is 17.5 Å². The first-order valence-corrected chi connectivity index (χ1v) is 9.44. The summed E-state index contributed by atoms with van der Waals surface area (Å²) in [6.45, 7) is 8.65. The van der Waals surface area contributed by atoms with E-state index in [1.54, 1.807) is 7.11 Å². The lowest BCUT2D eigenvalue weighted by Crippen LogP contribution is -2.33. The van der Waals surface area contributed by atoms with Gasteiger partial charge in [-0.3, -0.25) is 5.01 Å². The Labute approximate surface area is 139 Å². The lowest BCUT2D eigenvalue weighted by Gasteiger charge is -2.27. The van der Waals surface area contributed by atoms with E-state index in [9.17, 15) is 0 Å². The van der Waals surface area contributed by atoms with E-state index >= 15 is 0 Å². The van der Waals surface area contributed by atoms with Crippen molar-refractivity contribution in [3.05, 3.63) is 24.3 Å². The first-order chi connectivity index (χ1) is 10.7. The minimum atomic E-state index is 0.361. The second kappa shape index (κ2) is 8.78. The molecule has 22 heavy (non-hydrogen) atoms. The maximum Gasteiger partial charge on any atom is 0.0704 e. The Kier molecular flexibility index (Phi) is 7.03. The highest BCUT2D eigenvalue weighted by atomic mass is 32.2. The minimum Gasteiger partial charge on any atom is -0.382 e. The molecule has 0 radical (unpaired) electrons. The van der Waals surface area contributed by atoms with E-state index in [1.807, 2.05) is 11.8 Å². The molecule has 0 aromatic rings. The Morgan fingerprint density at radius 1 is 1.36 bits per heavy atom. The average molecular weight is 323 g/mol. The first kappa shape index (κ1) is 17.6. The molecule has 0 unspecified atom stereocenters. The number of hydrogen-bond acceptors (Lipinski definition) is 4. The highest BCUT2D eigenvalue weighted by Gasteiger charge is 2.28. The van der Waals surface area contributed by atoms with Gasteiger partial charge in [-0.05, 0) is 24.5 Å². The number of ether oxygens (including phenoxy) is 1. The molecule has 1 saturated heterocycles. The van der Waals surface area contributed by atoms with Gasteiger partial charge in [0.15, 0.2) is 0 Å². The fourth-order valence-electron chi connectivity index (χ4n) is 3.14. The summed E-state index contributed by atoms with van der Waals surface area (Å²) in [6.07, 6.45) is 12.4. The number of thioether (sulfide) groups is 1. The second-order valence-corrected chi connectivity index (χ2v) is 8.10. The Bertz CT molecular complexity index is 419. The quantitative estimate of drug-likeness (QED) is 0.629. The van der Waals surface area contributed by atoms with Crippen LogP contribution in [0.5, 0.6) is 0 Å². The molecule has 2 atom stereocenters. The molecule has 4 heteroatoms. The first-order valence-electron chi connectivity index (χ1n) is 8.50. The molecule has 3 nitrogen and oxygen atoms in total. The van der Waals surface area contributed by atoms with Crippen LogP contribution in [-0.2, 0) is 4.74 Å². The van der Waals surface area contributed by atoms with Crippen LogP contribution in [0.15, 0.2) is 29.4 Å². The molecule has 2 rings (SSSR count). The molecular formula is C18H30N2OS. The van der Waals surface area contributed by atoms with E-state index in [0.717, 1.165) is 19.6 Å². The van der Waals surface area contributed by atoms with Crippen molar-refractivity contribution in [1.29, 1.82) is 0 Å². The van der Waals surface area contributed by atoms with Gasteiger partial charge in [-0.1, -0.05) is 45.1 Å². The van der Waals surface area contributed by atoms with Crippen LogP contribution in [0.1, 0.15) is 40.0 Å². The van der Waals surface area contributed by atoms with Gasteiger partial charge < -0.3 is 4.74 Å². The summed E-state index contributed by atoms with van der Waals surface area (Å²) < 4.78 is 5.37. The lowest BCUT2D eigenvalue weighted by molar-refractivity contribution is 0.117.